The number of rotatable bonds is 42. The normalized spacial score (nSPS) is 14.6. The van der Waals surface area contributed by atoms with Gasteiger partial charge in [-0.1, -0.05) is 125 Å². The average molecular weight is 893 g/mol. The van der Waals surface area contributed by atoms with Crippen molar-refractivity contribution in [1.29, 1.82) is 0 Å². The molecule has 0 spiro atoms. The van der Waals surface area contributed by atoms with Crippen LogP contribution in [-0.2, 0) is 41.8 Å². The number of unbranched alkanes of at least 4 members (excludes halogenated alkanes) is 15. The minimum atomic E-state index is -4.87. The minimum Gasteiger partial charge on any atom is -0.462 e. The molecule has 0 radical (unpaired) electrons. The number of aliphatic hydroxyl groups excluding tert-OH is 2. The predicted octanol–water partition coefficient (Wildman–Crippen LogP) is 10.2. The second kappa shape index (κ2) is 40.8. The largest absolute Gasteiger partial charge is 0.472 e. The van der Waals surface area contributed by atoms with Crippen molar-refractivity contribution >= 4 is 27.6 Å². The zero-order chi connectivity index (χ0) is 44.4. The van der Waals surface area contributed by atoms with Crippen molar-refractivity contribution in [2.45, 2.75) is 173 Å². The lowest BCUT2D eigenvalue weighted by atomic mass is 10.1. The van der Waals surface area contributed by atoms with E-state index in [4.69, 9.17) is 28.9 Å². The molecule has 0 heterocycles. The molecule has 0 fully saturated rings. The van der Waals surface area contributed by atoms with Crippen LogP contribution < -0.4 is 0 Å². The Kier molecular flexibility index (Phi) is 39.3. The Morgan fingerprint density at radius 1 is 0.517 bits per heavy atom. The first-order valence-electron chi connectivity index (χ1n) is 22.1. The molecule has 0 rings (SSSR count). The summed E-state index contributed by atoms with van der Waals surface area (Å²) in [6.07, 6.45) is 40.9. The summed E-state index contributed by atoms with van der Waals surface area (Å²) < 4.78 is 47.7. The van der Waals surface area contributed by atoms with Crippen LogP contribution in [0.3, 0.4) is 0 Å². The van der Waals surface area contributed by atoms with Crippen LogP contribution in [0.25, 0.3) is 0 Å². The first-order chi connectivity index (χ1) is 28.9. The highest BCUT2D eigenvalue weighted by Crippen LogP contribution is 2.43. The third-order valence-electron chi connectivity index (χ3n) is 8.92. The number of carbonyl (C=O) groups excluding carboxylic acids is 2. The molecule has 0 aromatic rings. The standard InChI is InChI=1S/C44H78O14P2/c1-2-3-4-5-6-7-8-9-13-16-19-22-25-28-31-34-43(47)54-39-42(40-57-60(52,53)56-38-41(46)37-55-59(49,50)51)58-44(48)35-32-29-26-23-20-17-14-11-10-12-15-18-21-24-27-30-33-36-45/h9-10,12-14,17-18,21,23,26,41-42,45-46H,2-8,11,15-16,19-20,22,24-25,27-40H2,1H3,(H,52,53)(H2,49,50,51)/b12-10-,13-9-,17-14-,21-18-,26-23-/t41-,42+/m0/s1. The fraction of sp³-hybridized carbons (Fsp3) is 0.727. The van der Waals surface area contributed by atoms with E-state index in [1.54, 1.807) is 0 Å². The molecule has 16 heteroatoms. The Labute approximate surface area is 360 Å². The quantitative estimate of drug-likeness (QED) is 0.0167. The number of hydrogen-bond donors (Lipinski definition) is 5. The second-order valence-electron chi connectivity index (χ2n) is 14.7. The molecule has 0 saturated carbocycles. The summed E-state index contributed by atoms with van der Waals surface area (Å²) in [5, 5.41) is 18.5. The van der Waals surface area contributed by atoms with Gasteiger partial charge in [0.1, 0.15) is 12.7 Å². The highest BCUT2D eigenvalue weighted by Gasteiger charge is 2.28. The molecule has 0 aliphatic rings. The van der Waals surface area contributed by atoms with Crippen molar-refractivity contribution in [1.82, 2.24) is 0 Å². The molecule has 1 unspecified atom stereocenters. The number of hydrogen-bond acceptors (Lipinski definition) is 11. The fourth-order valence-corrected chi connectivity index (χ4v) is 6.70. The van der Waals surface area contributed by atoms with Crippen LogP contribution in [0.1, 0.15) is 161 Å². The summed E-state index contributed by atoms with van der Waals surface area (Å²) in [5.74, 6) is -1.12. The van der Waals surface area contributed by atoms with E-state index >= 15 is 0 Å². The monoisotopic (exact) mass is 892 g/mol. The fourth-order valence-electron chi connectivity index (χ4n) is 5.55. The molecular weight excluding hydrogens is 814 g/mol. The SMILES string of the molecule is CCCCCCCC/C=C\CCCCCCCC(=O)OC[C@H](COP(=O)(O)OC[C@@H](O)COP(=O)(O)O)OC(=O)CCC/C=C\C/C=C\C/C=C\C/C=C\CCCCCO. The van der Waals surface area contributed by atoms with Gasteiger partial charge in [-0.2, -0.15) is 0 Å². The van der Waals surface area contributed by atoms with Gasteiger partial charge in [-0.05, 0) is 83.5 Å². The van der Waals surface area contributed by atoms with E-state index in [2.05, 4.69) is 64.6 Å². The third-order valence-corrected chi connectivity index (χ3v) is 10.4. The van der Waals surface area contributed by atoms with Gasteiger partial charge in [0.25, 0.3) is 0 Å². The van der Waals surface area contributed by atoms with Crippen molar-refractivity contribution in [3.63, 3.8) is 0 Å². The Balaban J connectivity index is 4.62. The van der Waals surface area contributed by atoms with E-state index < -0.39 is 66.2 Å². The lowest BCUT2D eigenvalue weighted by molar-refractivity contribution is -0.161. The lowest BCUT2D eigenvalue weighted by Gasteiger charge is -2.20. The number of allylic oxidation sites excluding steroid dienone is 10. The molecule has 0 aromatic carbocycles. The molecule has 14 nitrogen and oxygen atoms in total. The number of carbonyl (C=O) groups is 2. The van der Waals surface area contributed by atoms with Gasteiger partial charge in [-0.3, -0.25) is 23.2 Å². The van der Waals surface area contributed by atoms with E-state index in [0.29, 0.717) is 19.3 Å². The van der Waals surface area contributed by atoms with Gasteiger partial charge in [-0.15, -0.1) is 0 Å². The number of ether oxygens (including phenoxy) is 2. The van der Waals surface area contributed by atoms with Crippen LogP contribution in [0.15, 0.2) is 60.8 Å². The van der Waals surface area contributed by atoms with Gasteiger partial charge >= 0.3 is 27.6 Å². The first-order valence-corrected chi connectivity index (χ1v) is 25.1. The lowest BCUT2D eigenvalue weighted by Crippen LogP contribution is -2.29. The summed E-state index contributed by atoms with van der Waals surface area (Å²) in [6.45, 7) is -0.319. The number of phosphoric ester groups is 2. The van der Waals surface area contributed by atoms with E-state index in [-0.39, 0.29) is 19.4 Å². The maximum atomic E-state index is 12.6. The summed E-state index contributed by atoms with van der Waals surface area (Å²) in [5.41, 5.74) is 0. The van der Waals surface area contributed by atoms with Crippen LogP contribution in [0.2, 0.25) is 0 Å². The van der Waals surface area contributed by atoms with Gasteiger partial charge in [0, 0.05) is 19.4 Å². The van der Waals surface area contributed by atoms with Crippen LogP contribution in [0.4, 0.5) is 0 Å². The molecular formula is C44H78O14P2. The van der Waals surface area contributed by atoms with E-state index in [1.807, 2.05) is 12.2 Å². The molecule has 5 N–H and O–H groups in total. The van der Waals surface area contributed by atoms with Crippen LogP contribution in [0, 0.1) is 0 Å². The van der Waals surface area contributed by atoms with E-state index in [0.717, 1.165) is 83.5 Å². The Morgan fingerprint density at radius 2 is 0.950 bits per heavy atom. The highest BCUT2D eigenvalue weighted by atomic mass is 31.2. The molecule has 0 aliphatic heterocycles. The topological polar surface area (TPSA) is 216 Å². The van der Waals surface area contributed by atoms with E-state index in [9.17, 15) is 28.7 Å². The molecule has 3 atom stereocenters. The van der Waals surface area contributed by atoms with Crippen LogP contribution in [-0.4, -0.2) is 82.1 Å². The number of phosphoric acid groups is 2. The average Bonchev–Trinajstić information content (AvgIpc) is 3.21. The van der Waals surface area contributed by atoms with Crippen molar-refractivity contribution in [2.75, 3.05) is 33.0 Å². The van der Waals surface area contributed by atoms with Gasteiger partial charge in [0.05, 0.1) is 19.8 Å². The zero-order valence-electron chi connectivity index (χ0n) is 36.2. The van der Waals surface area contributed by atoms with E-state index in [1.165, 1.54) is 38.5 Å². The van der Waals surface area contributed by atoms with Crippen molar-refractivity contribution in [2.24, 2.45) is 0 Å². The Morgan fingerprint density at radius 3 is 1.50 bits per heavy atom. The van der Waals surface area contributed by atoms with Gasteiger partial charge in [-0.25, -0.2) is 9.13 Å². The zero-order valence-corrected chi connectivity index (χ0v) is 38.0. The van der Waals surface area contributed by atoms with Crippen molar-refractivity contribution in [3.8, 4) is 0 Å². The highest BCUT2D eigenvalue weighted by molar-refractivity contribution is 7.47. The predicted molar refractivity (Wildman–Crippen MR) is 236 cm³/mol. The molecule has 60 heavy (non-hydrogen) atoms. The Hall–Kier alpha value is -2.22. The van der Waals surface area contributed by atoms with Crippen LogP contribution in [0.5, 0.6) is 0 Å². The molecule has 348 valence electrons. The van der Waals surface area contributed by atoms with Gasteiger partial charge in [0.15, 0.2) is 6.10 Å². The summed E-state index contributed by atoms with van der Waals surface area (Å²) >= 11 is 0. The summed E-state index contributed by atoms with van der Waals surface area (Å²) in [4.78, 5) is 52.7. The van der Waals surface area contributed by atoms with Crippen LogP contribution >= 0.6 is 15.6 Å². The van der Waals surface area contributed by atoms with Crippen molar-refractivity contribution in [3.05, 3.63) is 60.8 Å². The molecule has 0 bridgehead atoms. The summed E-state index contributed by atoms with van der Waals surface area (Å²) in [7, 11) is -9.71. The second-order valence-corrected chi connectivity index (χ2v) is 17.4. The minimum absolute atomic E-state index is 0.0422. The maximum absolute atomic E-state index is 12.6. The maximum Gasteiger partial charge on any atom is 0.472 e. The van der Waals surface area contributed by atoms with Gasteiger partial charge in [0.2, 0.25) is 0 Å². The summed E-state index contributed by atoms with van der Waals surface area (Å²) in [6, 6.07) is 0. The smallest absolute Gasteiger partial charge is 0.462 e. The molecule has 0 amide bonds. The number of esters is 2. The molecule has 0 aromatic heterocycles. The third kappa shape index (κ3) is 43.9. The number of aliphatic hydroxyl groups is 2. The van der Waals surface area contributed by atoms with Gasteiger partial charge < -0.3 is 34.4 Å². The molecule has 0 saturated heterocycles. The Bertz CT molecular complexity index is 1290. The molecule has 0 aliphatic carbocycles. The van der Waals surface area contributed by atoms with Crippen molar-refractivity contribution < 1.29 is 66.7 Å². The first kappa shape index (κ1) is 57.8.